The Bertz CT molecular complexity index is 370. The summed E-state index contributed by atoms with van der Waals surface area (Å²) in [5, 5.41) is 9.71. The molecule has 5 heteroatoms. The summed E-state index contributed by atoms with van der Waals surface area (Å²) < 4.78 is 0. The van der Waals surface area contributed by atoms with Crippen molar-refractivity contribution in [3.05, 3.63) is 29.3 Å². The van der Waals surface area contributed by atoms with Crippen LogP contribution in [0.3, 0.4) is 0 Å². The van der Waals surface area contributed by atoms with E-state index in [0.29, 0.717) is 11.7 Å². The van der Waals surface area contributed by atoms with Crippen LogP contribution in [-0.4, -0.2) is 17.9 Å². The molecule has 1 N–H and O–H groups in total. The number of benzene rings is 1. The van der Waals surface area contributed by atoms with E-state index in [9.17, 15) is 5.11 Å². The van der Waals surface area contributed by atoms with Gasteiger partial charge in [0, 0.05) is 18.3 Å². The standard InChI is InChI=1S/C13H19NO.2ClH.Zr/c1-10(2)7-8-14-9-12-6-4-5-11(3)13(12)15;;;/h4-6,9-10,15H,7-8H2,1-3H3;2*1H;/q;;;+2/p-2. The van der Waals surface area contributed by atoms with Gasteiger partial charge in [0.1, 0.15) is 5.75 Å². The zero-order valence-corrected chi connectivity index (χ0v) is 14.9. The van der Waals surface area contributed by atoms with Crippen molar-refractivity contribution >= 4 is 23.2 Å². The molecular weight excluding hydrogens is 348 g/mol. The van der Waals surface area contributed by atoms with E-state index in [1.54, 1.807) is 6.21 Å². The van der Waals surface area contributed by atoms with E-state index in [1.165, 1.54) is 0 Å². The van der Waals surface area contributed by atoms with Gasteiger partial charge in [0.05, 0.1) is 0 Å². The Morgan fingerprint density at radius 1 is 1.39 bits per heavy atom. The molecule has 2 nitrogen and oxygen atoms in total. The molecule has 0 saturated carbocycles. The van der Waals surface area contributed by atoms with Crippen LogP contribution in [0.5, 0.6) is 5.75 Å². The number of phenols is 1. The van der Waals surface area contributed by atoms with Crippen LogP contribution in [0.4, 0.5) is 0 Å². The summed E-state index contributed by atoms with van der Waals surface area (Å²) in [5.74, 6) is 1.01. The summed E-state index contributed by atoms with van der Waals surface area (Å²) in [6.07, 6.45) is 2.84. The number of rotatable bonds is 4. The first kappa shape index (κ1) is 18.2. The molecule has 0 heterocycles. The Kier molecular flexibility index (Phi) is 11.1. The molecule has 1 rings (SSSR count). The van der Waals surface area contributed by atoms with Gasteiger partial charge in [-0.3, -0.25) is 4.99 Å². The van der Waals surface area contributed by atoms with E-state index in [2.05, 4.69) is 18.8 Å². The molecule has 0 unspecified atom stereocenters. The monoisotopic (exact) mass is 365 g/mol. The number of aryl methyl sites for hydroxylation is 1. The molecule has 0 saturated heterocycles. The second-order valence-corrected chi connectivity index (χ2v) is 8.03. The topological polar surface area (TPSA) is 32.6 Å². The van der Waals surface area contributed by atoms with E-state index in [4.69, 9.17) is 17.0 Å². The van der Waals surface area contributed by atoms with Crippen molar-refractivity contribution in [2.24, 2.45) is 10.9 Å². The van der Waals surface area contributed by atoms with Crippen molar-refractivity contribution in [3.63, 3.8) is 0 Å². The first-order valence-corrected chi connectivity index (χ1v) is 12.1. The van der Waals surface area contributed by atoms with Gasteiger partial charge in [-0.05, 0) is 30.9 Å². The van der Waals surface area contributed by atoms with Crippen molar-refractivity contribution in [3.8, 4) is 5.75 Å². The Labute approximate surface area is 128 Å². The fourth-order valence-electron chi connectivity index (χ4n) is 1.28. The van der Waals surface area contributed by atoms with Crippen LogP contribution in [-0.2, 0) is 20.8 Å². The molecule has 0 aliphatic carbocycles. The van der Waals surface area contributed by atoms with Crippen molar-refractivity contribution < 1.29 is 26.0 Å². The Hall–Kier alpha value is 0.153. The minimum absolute atomic E-state index is 0.339. The average Bonchev–Trinajstić information content (AvgIpc) is 2.30. The fourth-order valence-corrected chi connectivity index (χ4v) is 1.28. The fraction of sp³-hybridized carbons (Fsp3) is 0.462. The molecule has 0 aliphatic heterocycles. The van der Waals surface area contributed by atoms with E-state index in [0.717, 1.165) is 24.1 Å². The summed E-state index contributed by atoms with van der Waals surface area (Å²) in [6, 6.07) is 5.70. The van der Waals surface area contributed by atoms with Crippen LogP contribution < -0.4 is 0 Å². The van der Waals surface area contributed by atoms with Crippen LogP contribution in [0.2, 0.25) is 0 Å². The second-order valence-electron chi connectivity index (χ2n) is 4.30. The van der Waals surface area contributed by atoms with E-state index >= 15 is 0 Å². The van der Waals surface area contributed by atoms with Gasteiger partial charge in [0.15, 0.2) is 0 Å². The van der Waals surface area contributed by atoms with Crippen LogP contribution >= 0.6 is 17.0 Å². The number of halogens is 2. The van der Waals surface area contributed by atoms with E-state index in [-0.39, 0.29) is 0 Å². The third-order valence-corrected chi connectivity index (χ3v) is 2.33. The zero-order chi connectivity index (χ0) is 14.0. The molecule has 0 radical (unpaired) electrons. The average molecular weight is 367 g/mol. The molecule has 0 aromatic heterocycles. The Morgan fingerprint density at radius 2 is 2.00 bits per heavy atom. The van der Waals surface area contributed by atoms with Crippen LogP contribution in [0.25, 0.3) is 0 Å². The quantitative estimate of drug-likeness (QED) is 0.779. The minimum atomic E-state index is -0.826. The van der Waals surface area contributed by atoms with Crippen LogP contribution in [0.1, 0.15) is 31.4 Å². The molecule has 0 spiro atoms. The van der Waals surface area contributed by atoms with Gasteiger partial charge in [-0.25, -0.2) is 0 Å². The van der Waals surface area contributed by atoms with E-state index < -0.39 is 20.8 Å². The molecule has 0 fully saturated rings. The van der Waals surface area contributed by atoms with Crippen LogP contribution in [0.15, 0.2) is 23.2 Å². The Balaban J connectivity index is 0.000000873. The van der Waals surface area contributed by atoms with Crippen molar-refractivity contribution in [1.29, 1.82) is 0 Å². The predicted molar refractivity (Wildman–Crippen MR) is 76.5 cm³/mol. The molecule has 100 valence electrons. The molecule has 0 atom stereocenters. The van der Waals surface area contributed by atoms with Crippen molar-refractivity contribution in [2.45, 2.75) is 27.2 Å². The zero-order valence-electron chi connectivity index (χ0n) is 11.0. The number of aromatic hydroxyl groups is 1. The van der Waals surface area contributed by atoms with Gasteiger partial charge < -0.3 is 5.11 Å². The van der Waals surface area contributed by atoms with E-state index in [1.807, 2.05) is 25.1 Å². The SMILES string of the molecule is Cc1cccc(C=NCCC(C)C)c1O.[Cl][Zr][Cl]. The van der Waals surface area contributed by atoms with Gasteiger partial charge in [0.2, 0.25) is 0 Å². The van der Waals surface area contributed by atoms with Crippen molar-refractivity contribution in [1.82, 2.24) is 0 Å². The molecule has 0 aliphatic rings. The molecule has 1 aromatic rings. The van der Waals surface area contributed by atoms with Gasteiger partial charge in [-0.2, -0.15) is 0 Å². The maximum atomic E-state index is 9.71. The first-order chi connectivity index (χ1) is 8.52. The predicted octanol–water partition coefficient (Wildman–Crippen LogP) is 4.54. The summed E-state index contributed by atoms with van der Waals surface area (Å²) in [6.45, 7) is 7.07. The van der Waals surface area contributed by atoms with Crippen LogP contribution in [0, 0.1) is 12.8 Å². The van der Waals surface area contributed by atoms with Gasteiger partial charge in [-0.15, -0.1) is 0 Å². The number of nitrogens with zero attached hydrogens (tertiary/aromatic N) is 1. The molecule has 0 bridgehead atoms. The maximum absolute atomic E-state index is 9.71. The van der Waals surface area contributed by atoms with Gasteiger partial charge in [-0.1, -0.05) is 26.0 Å². The third-order valence-electron chi connectivity index (χ3n) is 2.33. The summed E-state index contributed by atoms with van der Waals surface area (Å²) in [5.41, 5.74) is 1.70. The first-order valence-electron chi connectivity index (χ1n) is 5.77. The Morgan fingerprint density at radius 3 is 2.56 bits per heavy atom. The number of phenolic OH excluding ortho intramolecular Hbond substituents is 1. The normalized spacial score (nSPS) is 10.3. The van der Waals surface area contributed by atoms with Gasteiger partial charge >= 0.3 is 37.9 Å². The second kappa shape index (κ2) is 11.0. The summed E-state index contributed by atoms with van der Waals surface area (Å²) >= 11 is -0.826. The summed E-state index contributed by atoms with van der Waals surface area (Å²) in [4.78, 5) is 4.30. The van der Waals surface area contributed by atoms with Crippen molar-refractivity contribution in [2.75, 3.05) is 6.54 Å². The molecular formula is C13H19Cl2NOZr. The molecule has 1 aromatic carbocycles. The molecule has 0 amide bonds. The number of para-hydroxylation sites is 1. The van der Waals surface area contributed by atoms with Gasteiger partial charge in [0.25, 0.3) is 0 Å². The summed E-state index contributed by atoms with van der Waals surface area (Å²) in [7, 11) is 9.87. The number of hydrogen-bond donors (Lipinski definition) is 1. The number of aliphatic imine (C=N–C) groups is 1. The third kappa shape index (κ3) is 8.29. The number of hydrogen-bond acceptors (Lipinski definition) is 2. The molecule has 18 heavy (non-hydrogen) atoms.